The summed E-state index contributed by atoms with van der Waals surface area (Å²) in [6.07, 6.45) is 3.79. The first-order valence-corrected chi connectivity index (χ1v) is 12.8. The van der Waals surface area contributed by atoms with E-state index in [2.05, 4.69) is 9.97 Å². The standard InChI is InChI=1S/C27H35N5O5/c1-5-30-17-28-23-22(30)24(34)29-25(35)32(23)15-19-10-8-18(9-11-19)12-13-21(33)20-7-6-14-31(16-20)26(36)37-27(2,3)4/h8-11,17,20H,5-7,12-16H2,1-4H3,(H,29,34,35)/t20-/m1/s1. The molecule has 0 bridgehead atoms. The summed E-state index contributed by atoms with van der Waals surface area (Å²) in [5.41, 5.74) is 1.14. The highest BCUT2D eigenvalue weighted by atomic mass is 16.6. The molecule has 1 fully saturated rings. The molecule has 1 aromatic carbocycles. The van der Waals surface area contributed by atoms with Crippen LogP contribution in [0.15, 0.2) is 40.2 Å². The third kappa shape index (κ3) is 6.18. The normalized spacial score (nSPS) is 16.2. The zero-order chi connectivity index (χ0) is 26.7. The summed E-state index contributed by atoms with van der Waals surface area (Å²) >= 11 is 0. The van der Waals surface area contributed by atoms with Gasteiger partial charge in [0.2, 0.25) is 0 Å². The van der Waals surface area contributed by atoms with Crippen molar-refractivity contribution in [1.29, 1.82) is 0 Å². The van der Waals surface area contributed by atoms with Crippen molar-refractivity contribution in [2.45, 2.75) is 72.1 Å². The van der Waals surface area contributed by atoms with Crippen molar-refractivity contribution in [3.63, 3.8) is 0 Å². The van der Waals surface area contributed by atoms with E-state index < -0.39 is 16.9 Å². The number of likely N-dealkylation sites (tertiary alicyclic amines) is 1. The Morgan fingerprint density at radius 1 is 1.14 bits per heavy atom. The molecular formula is C27H35N5O5. The number of piperidine rings is 1. The van der Waals surface area contributed by atoms with Gasteiger partial charge in [-0.05, 0) is 58.1 Å². The molecule has 10 nitrogen and oxygen atoms in total. The van der Waals surface area contributed by atoms with E-state index in [0.717, 1.165) is 24.0 Å². The van der Waals surface area contributed by atoms with Gasteiger partial charge in [-0.1, -0.05) is 24.3 Å². The molecule has 0 saturated carbocycles. The summed E-state index contributed by atoms with van der Waals surface area (Å²) in [6, 6.07) is 7.75. The van der Waals surface area contributed by atoms with Gasteiger partial charge in [-0.3, -0.25) is 19.1 Å². The smallest absolute Gasteiger partial charge is 0.410 e. The zero-order valence-corrected chi connectivity index (χ0v) is 22.0. The number of nitrogens with one attached hydrogen (secondary N) is 1. The van der Waals surface area contributed by atoms with E-state index in [1.807, 2.05) is 52.0 Å². The van der Waals surface area contributed by atoms with Crippen molar-refractivity contribution in [3.8, 4) is 0 Å². The van der Waals surface area contributed by atoms with Gasteiger partial charge in [-0.2, -0.15) is 0 Å². The van der Waals surface area contributed by atoms with Crippen LogP contribution in [0.4, 0.5) is 4.79 Å². The van der Waals surface area contributed by atoms with E-state index in [-0.39, 0.29) is 24.3 Å². The fourth-order valence-electron chi connectivity index (χ4n) is 4.71. The number of aromatic amines is 1. The lowest BCUT2D eigenvalue weighted by atomic mass is 9.90. The maximum absolute atomic E-state index is 12.9. The molecule has 1 saturated heterocycles. The fourth-order valence-corrected chi connectivity index (χ4v) is 4.71. The third-order valence-electron chi connectivity index (χ3n) is 6.65. The number of nitrogens with zero attached hydrogens (tertiary/aromatic N) is 4. The van der Waals surface area contributed by atoms with Crippen LogP contribution in [0.3, 0.4) is 0 Å². The largest absolute Gasteiger partial charge is 0.444 e. The van der Waals surface area contributed by atoms with E-state index in [1.165, 1.54) is 4.57 Å². The van der Waals surface area contributed by atoms with Crippen molar-refractivity contribution in [2.24, 2.45) is 5.92 Å². The Balaban J connectivity index is 1.36. The Kier molecular flexibility index (Phi) is 7.65. The summed E-state index contributed by atoms with van der Waals surface area (Å²) in [7, 11) is 0. The summed E-state index contributed by atoms with van der Waals surface area (Å²) in [4.78, 5) is 58.3. The summed E-state index contributed by atoms with van der Waals surface area (Å²) in [5, 5.41) is 0. The zero-order valence-electron chi connectivity index (χ0n) is 22.0. The predicted molar refractivity (Wildman–Crippen MR) is 140 cm³/mol. The molecule has 1 amide bonds. The molecule has 0 radical (unpaired) electrons. The molecule has 1 aliphatic heterocycles. The molecule has 4 rings (SSSR count). The number of carbonyl (C=O) groups excluding carboxylic acids is 2. The van der Waals surface area contributed by atoms with Crippen molar-refractivity contribution >= 4 is 23.0 Å². The number of aromatic nitrogens is 4. The fraction of sp³-hybridized carbons (Fsp3) is 0.519. The van der Waals surface area contributed by atoms with Gasteiger partial charge in [-0.15, -0.1) is 0 Å². The van der Waals surface area contributed by atoms with Crippen molar-refractivity contribution in [2.75, 3.05) is 13.1 Å². The Morgan fingerprint density at radius 3 is 2.51 bits per heavy atom. The molecule has 2 aromatic heterocycles. The second-order valence-corrected chi connectivity index (χ2v) is 10.6. The van der Waals surface area contributed by atoms with Crippen LogP contribution in [0.2, 0.25) is 0 Å². The van der Waals surface area contributed by atoms with E-state index >= 15 is 0 Å². The molecule has 0 unspecified atom stereocenters. The number of H-pyrrole nitrogens is 1. The maximum atomic E-state index is 12.9. The van der Waals surface area contributed by atoms with Crippen LogP contribution in [-0.2, 0) is 29.0 Å². The number of fused-ring (bicyclic) bond motifs is 1. The summed E-state index contributed by atoms with van der Waals surface area (Å²) < 4.78 is 8.63. The highest BCUT2D eigenvalue weighted by Crippen LogP contribution is 2.22. The lowest BCUT2D eigenvalue weighted by Crippen LogP contribution is -2.44. The first kappa shape index (κ1) is 26.4. The van der Waals surface area contributed by atoms with Crippen LogP contribution in [0.5, 0.6) is 0 Å². The van der Waals surface area contributed by atoms with Gasteiger partial charge in [0, 0.05) is 32.0 Å². The SMILES string of the molecule is CCn1cnc2c1c(=O)[nH]c(=O)n2Cc1ccc(CCC(=O)[C@@H]2CCCN(C(=O)OC(C)(C)C)C2)cc1. The number of hydrogen-bond acceptors (Lipinski definition) is 6. The minimum absolute atomic E-state index is 0.158. The lowest BCUT2D eigenvalue weighted by Gasteiger charge is -2.33. The average Bonchev–Trinajstić information content (AvgIpc) is 3.29. The molecule has 3 aromatic rings. The van der Waals surface area contributed by atoms with Gasteiger partial charge < -0.3 is 14.2 Å². The molecule has 3 heterocycles. The number of amides is 1. The third-order valence-corrected chi connectivity index (χ3v) is 6.65. The van der Waals surface area contributed by atoms with Crippen LogP contribution < -0.4 is 11.2 Å². The molecule has 1 aliphatic rings. The Morgan fingerprint density at radius 2 is 1.84 bits per heavy atom. The van der Waals surface area contributed by atoms with Crippen molar-refractivity contribution in [3.05, 3.63) is 62.6 Å². The number of imidazole rings is 1. The van der Waals surface area contributed by atoms with Crippen LogP contribution in [-0.4, -0.2) is 54.6 Å². The van der Waals surface area contributed by atoms with E-state index in [9.17, 15) is 19.2 Å². The minimum Gasteiger partial charge on any atom is -0.444 e. The average molecular weight is 510 g/mol. The van der Waals surface area contributed by atoms with Gasteiger partial charge in [0.15, 0.2) is 11.2 Å². The lowest BCUT2D eigenvalue weighted by molar-refractivity contribution is -0.124. The Labute approximate surface area is 215 Å². The highest BCUT2D eigenvalue weighted by molar-refractivity contribution is 5.82. The molecule has 1 atom stereocenters. The highest BCUT2D eigenvalue weighted by Gasteiger charge is 2.30. The van der Waals surface area contributed by atoms with Gasteiger partial charge in [0.25, 0.3) is 5.56 Å². The van der Waals surface area contributed by atoms with Gasteiger partial charge in [0.05, 0.1) is 12.9 Å². The Hall–Kier alpha value is -3.69. The molecule has 198 valence electrons. The van der Waals surface area contributed by atoms with Gasteiger partial charge in [0.1, 0.15) is 11.4 Å². The predicted octanol–water partition coefficient (Wildman–Crippen LogP) is 3.10. The van der Waals surface area contributed by atoms with Crippen LogP contribution in [0.25, 0.3) is 11.2 Å². The molecule has 0 aliphatic carbocycles. The maximum Gasteiger partial charge on any atom is 0.410 e. The number of aryl methyl sites for hydroxylation is 2. The molecule has 10 heteroatoms. The molecule has 1 N–H and O–H groups in total. The number of benzene rings is 1. The number of ketones is 1. The van der Waals surface area contributed by atoms with Gasteiger partial charge >= 0.3 is 11.8 Å². The number of rotatable bonds is 7. The molecular weight excluding hydrogens is 474 g/mol. The topological polar surface area (TPSA) is 119 Å². The molecule has 0 spiro atoms. The second-order valence-electron chi connectivity index (χ2n) is 10.6. The molecule has 37 heavy (non-hydrogen) atoms. The van der Waals surface area contributed by atoms with Crippen molar-refractivity contribution in [1.82, 2.24) is 24.0 Å². The van der Waals surface area contributed by atoms with E-state index in [4.69, 9.17) is 4.74 Å². The van der Waals surface area contributed by atoms with E-state index in [0.29, 0.717) is 43.6 Å². The Bertz CT molecular complexity index is 1390. The number of ether oxygens (including phenoxy) is 1. The summed E-state index contributed by atoms with van der Waals surface area (Å²) in [6.45, 7) is 9.28. The number of hydrogen-bond donors (Lipinski definition) is 1. The van der Waals surface area contributed by atoms with Crippen LogP contribution >= 0.6 is 0 Å². The minimum atomic E-state index is -0.561. The first-order valence-electron chi connectivity index (χ1n) is 12.8. The second kappa shape index (κ2) is 10.7. The quantitative estimate of drug-likeness (QED) is 0.523. The monoisotopic (exact) mass is 509 g/mol. The van der Waals surface area contributed by atoms with Gasteiger partial charge in [-0.25, -0.2) is 14.6 Å². The van der Waals surface area contributed by atoms with Crippen molar-refractivity contribution < 1.29 is 14.3 Å². The van der Waals surface area contributed by atoms with E-state index in [1.54, 1.807) is 15.8 Å². The number of carbonyl (C=O) groups is 2. The van der Waals surface area contributed by atoms with Crippen LogP contribution in [0.1, 0.15) is 58.1 Å². The number of Topliss-reactive ketones (excluding diaryl/α,β-unsaturated/α-hetero) is 1. The summed E-state index contributed by atoms with van der Waals surface area (Å²) in [5.74, 6) is -0.0102. The van der Waals surface area contributed by atoms with Crippen LogP contribution in [0, 0.1) is 5.92 Å². The first-order chi connectivity index (χ1) is 17.6.